The van der Waals surface area contributed by atoms with Gasteiger partial charge in [0, 0.05) is 17.1 Å². The van der Waals surface area contributed by atoms with E-state index in [0.717, 1.165) is 42.1 Å². The van der Waals surface area contributed by atoms with Crippen LogP contribution in [0.15, 0.2) is 35.5 Å². The number of para-hydroxylation sites is 1. The minimum atomic E-state index is -0.597. The summed E-state index contributed by atoms with van der Waals surface area (Å²) in [7, 11) is 0. The molecule has 2 amide bonds. The topological polar surface area (TPSA) is 74.3 Å². The Bertz CT molecular complexity index is 799. The summed E-state index contributed by atoms with van der Waals surface area (Å²) in [4.78, 5) is 32.4. The molecule has 4 rings (SSSR count). The highest BCUT2D eigenvalue weighted by Crippen LogP contribution is 2.31. The summed E-state index contributed by atoms with van der Waals surface area (Å²) >= 11 is 0. The van der Waals surface area contributed by atoms with Crippen LogP contribution in [0.1, 0.15) is 43.6 Å². The Morgan fingerprint density at radius 2 is 1.83 bits per heavy atom. The van der Waals surface area contributed by atoms with Crippen LogP contribution < -0.4 is 5.32 Å². The highest BCUT2D eigenvalue weighted by atomic mass is 16.2. The van der Waals surface area contributed by atoms with Crippen molar-refractivity contribution in [1.82, 2.24) is 10.3 Å². The van der Waals surface area contributed by atoms with Gasteiger partial charge in [0.15, 0.2) is 0 Å². The van der Waals surface area contributed by atoms with Crippen molar-refractivity contribution in [3.63, 3.8) is 0 Å². The quantitative estimate of drug-likeness (QED) is 0.837. The number of carbonyl (C=O) groups excluding carboxylic acids is 2. The maximum atomic E-state index is 12.4. The molecule has 5 nitrogen and oxygen atoms in total. The van der Waals surface area contributed by atoms with Crippen LogP contribution in [0.5, 0.6) is 0 Å². The van der Waals surface area contributed by atoms with Crippen molar-refractivity contribution in [2.75, 3.05) is 0 Å². The number of amides is 2. The number of hydrogen-bond donors (Lipinski definition) is 2. The molecule has 0 spiro atoms. The Morgan fingerprint density at radius 1 is 1.04 bits per heavy atom. The monoisotopic (exact) mass is 309 g/mol. The van der Waals surface area contributed by atoms with Gasteiger partial charge in [0.05, 0.1) is 6.04 Å². The first-order valence-electron chi connectivity index (χ1n) is 8.23. The highest BCUT2D eigenvalue weighted by Gasteiger charge is 2.40. The number of nitrogens with one attached hydrogen (secondary N) is 2. The number of carbonyl (C=O) groups is 2. The smallest absolute Gasteiger partial charge is 0.272 e. The average molecular weight is 309 g/mol. The van der Waals surface area contributed by atoms with Gasteiger partial charge in [-0.15, -0.1) is 0 Å². The van der Waals surface area contributed by atoms with Crippen LogP contribution in [0.4, 0.5) is 0 Å². The van der Waals surface area contributed by atoms with Crippen LogP contribution in [0, 0.1) is 0 Å². The molecule has 2 N–H and O–H groups in total. The molecule has 2 aromatic rings. The molecular formula is C18H19N3O2. The van der Waals surface area contributed by atoms with Gasteiger partial charge in [0.1, 0.15) is 11.6 Å². The predicted octanol–water partition coefficient (Wildman–Crippen LogP) is 2.68. The number of aromatic nitrogens is 1. The number of fused-ring (bicyclic) bond motifs is 1. The summed E-state index contributed by atoms with van der Waals surface area (Å²) in [6.07, 6.45) is 7.36. The lowest BCUT2D eigenvalue weighted by Gasteiger charge is -2.19. The van der Waals surface area contributed by atoms with Gasteiger partial charge in [-0.1, -0.05) is 37.5 Å². The van der Waals surface area contributed by atoms with Gasteiger partial charge in [0.25, 0.3) is 5.91 Å². The maximum Gasteiger partial charge on any atom is 0.272 e. The van der Waals surface area contributed by atoms with E-state index in [-0.39, 0.29) is 17.9 Å². The fraction of sp³-hybridized carbons (Fsp3) is 0.389. The first-order chi connectivity index (χ1) is 11.2. The molecule has 1 aromatic carbocycles. The van der Waals surface area contributed by atoms with Crippen LogP contribution >= 0.6 is 0 Å². The molecule has 2 heterocycles. The summed E-state index contributed by atoms with van der Waals surface area (Å²) in [6.45, 7) is 0. The number of rotatable bonds is 2. The Balaban J connectivity index is 1.76. The number of nitrogens with zero attached hydrogens (tertiary/aromatic N) is 1. The van der Waals surface area contributed by atoms with E-state index in [9.17, 15) is 9.59 Å². The Hall–Kier alpha value is -2.43. The maximum absolute atomic E-state index is 12.4. The third-order valence-electron chi connectivity index (χ3n) is 4.83. The van der Waals surface area contributed by atoms with E-state index in [1.807, 2.05) is 30.5 Å². The Morgan fingerprint density at radius 3 is 2.65 bits per heavy atom. The molecular weight excluding hydrogens is 290 g/mol. The van der Waals surface area contributed by atoms with Crippen LogP contribution in [0.3, 0.4) is 0 Å². The van der Waals surface area contributed by atoms with Gasteiger partial charge in [-0.25, -0.2) is 0 Å². The average Bonchev–Trinajstić information content (AvgIpc) is 3.10. The van der Waals surface area contributed by atoms with Gasteiger partial charge in [-0.05, 0) is 24.5 Å². The molecule has 1 aromatic heterocycles. The van der Waals surface area contributed by atoms with E-state index in [4.69, 9.17) is 0 Å². The molecule has 2 fully saturated rings. The zero-order chi connectivity index (χ0) is 15.8. The van der Waals surface area contributed by atoms with Crippen molar-refractivity contribution in [3.8, 4) is 0 Å². The lowest BCUT2D eigenvalue weighted by atomic mass is 9.93. The number of imide groups is 1. The summed E-state index contributed by atoms with van der Waals surface area (Å²) < 4.78 is 0. The first kappa shape index (κ1) is 14.2. The third kappa shape index (κ3) is 2.46. The second-order valence-corrected chi connectivity index (χ2v) is 6.35. The minimum absolute atomic E-state index is 0.170. The van der Waals surface area contributed by atoms with Crippen LogP contribution in [0.2, 0.25) is 0 Å². The van der Waals surface area contributed by atoms with Gasteiger partial charge >= 0.3 is 0 Å². The van der Waals surface area contributed by atoms with Crippen molar-refractivity contribution in [2.24, 2.45) is 4.99 Å². The third-order valence-corrected chi connectivity index (χ3v) is 4.83. The SMILES string of the molecule is O=C1NC(=O)C(c2c[nH]c3ccccc23)C1=NC1CCCCC1. The molecule has 1 saturated carbocycles. The van der Waals surface area contributed by atoms with Crippen LogP contribution in [-0.4, -0.2) is 28.6 Å². The second kappa shape index (κ2) is 5.65. The molecule has 0 bridgehead atoms. The van der Waals surface area contributed by atoms with E-state index < -0.39 is 5.92 Å². The molecule has 1 saturated heterocycles. The van der Waals surface area contributed by atoms with E-state index in [1.54, 1.807) is 0 Å². The molecule has 1 aliphatic carbocycles. The number of hydrogen-bond acceptors (Lipinski definition) is 3. The molecule has 1 aliphatic heterocycles. The molecule has 5 heteroatoms. The fourth-order valence-electron chi connectivity index (χ4n) is 3.66. The van der Waals surface area contributed by atoms with Crippen molar-refractivity contribution in [1.29, 1.82) is 0 Å². The van der Waals surface area contributed by atoms with E-state index in [1.165, 1.54) is 6.42 Å². The van der Waals surface area contributed by atoms with Crippen molar-refractivity contribution >= 4 is 28.4 Å². The normalized spacial score (nSPS) is 24.5. The highest BCUT2D eigenvalue weighted by molar-refractivity contribution is 6.52. The molecule has 23 heavy (non-hydrogen) atoms. The van der Waals surface area contributed by atoms with Crippen LogP contribution in [-0.2, 0) is 9.59 Å². The van der Waals surface area contributed by atoms with Gasteiger partial charge in [-0.2, -0.15) is 0 Å². The molecule has 1 atom stereocenters. The van der Waals surface area contributed by atoms with Gasteiger partial charge < -0.3 is 4.98 Å². The van der Waals surface area contributed by atoms with E-state index >= 15 is 0 Å². The zero-order valence-corrected chi connectivity index (χ0v) is 12.8. The predicted molar refractivity (Wildman–Crippen MR) is 88.5 cm³/mol. The summed E-state index contributed by atoms with van der Waals surface area (Å²) in [5, 5.41) is 3.41. The Kier molecular flexibility index (Phi) is 3.48. The molecule has 1 unspecified atom stereocenters. The second-order valence-electron chi connectivity index (χ2n) is 6.35. The lowest BCUT2D eigenvalue weighted by molar-refractivity contribution is -0.124. The Labute approximate surface area is 134 Å². The minimum Gasteiger partial charge on any atom is -0.361 e. The van der Waals surface area contributed by atoms with Gasteiger partial charge in [0.2, 0.25) is 5.91 Å². The first-order valence-corrected chi connectivity index (χ1v) is 8.23. The summed E-state index contributed by atoms with van der Waals surface area (Å²) in [5.74, 6) is -1.20. The number of H-pyrrole nitrogens is 1. The molecule has 2 aliphatic rings. The van der Waals surface area contributed by atoms with E-state index in [0.29, 0.717) is 5.71 Å². The van der Waals surface area contributed by atoms with Crippen molar-refractivity contribution in [3.05, 3.63) is 36.0 Å². The largest absolute Gasteiger partial charge is 0.361 e. The van der Waals surface area contributed by atoms with Gasteiger partial charge in [-0.3, -0.25) is 19.9 Å². The molecule has 0 radical (unpaired) electrons. The number of benzene rings is 1. The standard InChI is InChI=1S/C18H19N3O2/c22-17-15(13-10-19-14-9-5-4-8-12(13)14)16(18(23)21-17)20-11-6-2-1-3-7-11/h4-5,8-11,15,19H,1-3,6-7H2,(H,21,22,23). The summed E-state index contributed by atoms with van der Waals surface area (Å²) in [5.41, 5.74) is 2.18. The van der Waals surface area contributed by atoms with Crippen LogP contribution in [0.25, 0.3) is 10.9 Å². The fourth-order valence-corrected chi connectivity index (χ4v) is 3.66. The van der Waals surface area contributed by atoms with Crippen molar-refractivity contribution < 1.29 is 9.59 Å². The number of aromatic amines is 1. The van der Waals surface area contributed by atoms with Crippen molar-refractivity contribution in [2.45, 2.75) is 44.1 Å². The zero-order valence-electron chi connectivity index (χ0n) is 12.8. The summed E-state index contributed by atoms with van der Waals surface area (Å²) in [6, 6.07) is 7.98. The molecule has 118 valence electrons. The van der Waals surface area contributed by atoms with E-state index in [2.05, 4.69) is 15.3 Å². The lowest BCUT2D eigenvalue weighted by Crippen LogP contribution is -2.23. The number of aliphatic imine (C=N–C) groups is 1.